The average molecular weight is 254 g/mol. The van der Waals surface area contributed by atoms with Gasteiger partial charge in [-0.15, -0.1) is 0 Å². The lowest BCUT2D eigenvalue weighted by Gasteiger charge is -2.27. The lowest BCUT2D eigenvalue weighted by atomic mass is 9.96. The summed E-state index contributed by atoms with van der Waals surface area (Å²) in [5.41, 5.74) is 3.72. The highest BCUT2D eigenvalue weighted by Gasteiger charge is 2.23. The third kappa shape index (κ3) is 4.40. The van der Waals surface area contributed by atoms with E-state index in [9.17, 15) is 0 Å². The molecule has 18 heavy (non-hydrogen) atoms. The van der Waals surface area contributed by atoms with E-state index in [2.05, 4.69) is 38.2 Å². The first kappa shape index (κ1) is 15.1. The second kappa shape index (κ2) is 6.31. The van der Waals surface area contributed by atoms with Crippen LogP contribution >= 0.6 is 0 Å². The fourth-order valence-corrected chi connectivity index (χ4v) is 1.89. The number of hydrazine groups is 1. The molecule has 0 aliphatic carbocycles. The van der Waals surface area contributed by atoms with Gasteiger partial charge in [0.15, 0.2) is 0 Å². The quantitative estimate of drug-likeness (QED) is 0.573. The van der Waals surface area contributed by atoms with Crippen LogP contribution < -0.4 is 11.3 Å². The molecule has 0 spiro atoms. The van der Waals surface area contributed by atoms with E-state index in [1.165, 1.54) is 0 Å². The smallest absolute Gasteiger partial charge is 0.0640 e. The number of nitrogens with zero attached hydrogens (tertiary/aromatic N) is 2. The Morgan fingerprint density at radius 1 is 1.50 bits per heavy atom. The summed E-state index contributed by atoms with van der Waals surface area (Å²) < 4.78 is 7.39. The average Bonchev–Trinajstić information content (AvgIpc) is 2.76. The van der Waals surface area contributed by atoms with Crippen molar-refractivity contribution in [2.75, 3.05) is 7.11 Å². The summed E-state index contributed by atoms with van der Waals surface area (Å²) in [5, 5.41) is 4.53. The second-order valence-corrected chi connectivity index (χ2v) is 5.62. The number of rotatable bonds is 7. The second-order valence-electron chi connectivity index (χ2n) is 5.62. The van der Waals surface area contributed by atoms with Gasteiger partial charge in [0.2, 0.25) is 0 Å². The maximum atomic E-state index is 5.61. The van der Waals surface area contributed by atoms with E-state index in [1.54, 1.807) is 7.11 Å². The molecule has 1 aromatic rings. The van der Waals surface area contributed by atoms with Gasteiger partial charge in [-0.05, 0) is 40.2 Å². The number of hydrogen-bond acceptors (Lipinski definition) is 4. The van der Waals surface area contributed by atoms with Crippen LogP contribution in [0.2, 0.25) is 0 Å². The Morgan fingerprint density at radius 2 is 2.17 bits per heavy atom. The molecule has 0 aliphatic heterocycles. The summed E-state index contributed by atoms with van der Waals surface area (Å²) in [6, 6.07) is 2.60. The van der Waals surface area contributed by atoms with Gasteiger partial charge in [-0.2, -0.15) is 5.10 Å². The molecule has 1 aromatic heterocycles. The third-order valence-electron chi connectivity index (χ3n) is 3.17. The topological polar surface area (TPSA) is 65.1 Å². The van der Waals surface area contributed by atoms with Crippen molar-refractivity contribution in [2.45, 2.75) is 58.2 Å². The largest absolute Gasteiger partial charge is 0.379 e. The van der Waals surface area contributed by atoms with Crippen molar-refractivity contribution in [3.05, 3.63) is 18.0 Å². The summed E-state index contributed by atoms with van der Waals surface area (Å²) in [4.78, 5) is 0. The lowest BCUT2D eigenvalue weighted by Crippen LogP contribution is -2.42. The highest BCUT2D eigenvalue weighted by atomic mass is 16.5. The number of nitrogens with one attached hydrogen (secondary N) is 1. The first-order valence-corrected chi connectivity index (χ1v) is 6.43. The van der Waals surface area contributed by atoms with Crippen LogP contribution in [0.5, 0.6) is 0 Å². The maximum absolute atomic E-state index is 5.61. The molecule has 1 heterocycles. The number of hydrogen-bond donors (Lipinski definition) is 2. The van der Waals surface area contributed by atoms with E-state index < -0.39 is 0 Å². The molecule has 0 fully saturated rings. The molecule has 5 nitrogen and oxygen atoms in total. The SMILES string of the molecule is COC(C)(C)CC(Cc1ccn(C(C)C)n1)NN. The van der Waals surface area contributed by atoms with Crippen LogP contribution in [0, 0.1) is 0 Å². The highest BCUT2D eigenvalue weighted by Crippen LogP contribution is 2.17. The Balaban J connectivity index is 2.62. The zero-order valence-corrected chi connectivity index (χ0v) is 12.1. The normalized spacial score (nSPS) is 14.2. The molecule has 0 saturated carbocycles. The fourth-order valence-electron chi connectivity index (χ4n) is 1.89. The predicted molar refractivity (Wildman–Crippen MR) is 73.1 cm³/mol. The monoisotopic (exact) mass is 254 g/mol. The number of ether oxygens (including phenoxy) is 1. The summed E-state index contributed by atoms with van der Waals surface area (Å²) in [6.45, 7) is 8.35. The van der Waals surface area contributed by atoms with Crippen molar-refractivity contribution < 1.29 is 4.74 Å². The minimum atomic E-state index is -0.183. The van der Waals surface area contributed by atoms with Crippen LogP contribution in [0.4, 0.5) is 0 Å². The van der Waals surface area contributed by atoms with E-state index in [0.29, 0.717) is 6.04 Å². The van der Waals surface area contributed by atoms with Crippen molar-refractivity contribution in [3.8, 4) is 0 Å². The van der Waals surface area contributed by atoms with Gasteiger partial charge in [0.1, 0.15) is 0 Å². The minimum Gasteiger partial charge on any atom is -0.379 e. The molecule has 5 heteroatoms. The van der Waals surface area contributed by atoms with Gasteiger partial charge in [0.25, 0.3) is 0 Å². The van der Waals surface area contributed by atoms with Crippen molar-refractivity contribution in [1.29, 1.82) is 0 Å². The molecule has 0 aromatic carbocycles. The van der Waals surface area contributed by atoms with Gasteiger partial charge in [0.05, 0.1) is 11.3 Å². The molecule has 1 rings (SSSR count). The Bertz CT molecular complexity index is 360. The van der Waals surface area contributed by atoms with Crippen LogP contribution in [0.3, 0.4) is 0 Å². The first-order valence-electron chi connectivity index (χ1n) is 6.43. The van der Waals surface area contributed by atoms with Gasteiger partial charge in [-0.1, -0.05) is 0 Å². The number of methoxy groups -OCH3 is 1. The van der Waals surface area contributed by atoms with Crippen LogP contribution in [0.25, 0.3) is 0 Å². The van der Waals surface area contributed by atoms with Crippen molar-refractivity contribution in [3.63, 3.8) is 0 Å². The zero-order valence-electron chi connectivity index (χ0n) is 12.1. The van der Waals surface area contributed by atoms with E-state index in [0.717, 1.165) is 18.5 Å². The molecule has 0 radical (unpaired) electrons. The summed E-state index contributed by atoms with van der Waals surface area (Å²) in [5.74, 6) is 5.61. The first-order chi connectivity index (χ1) is 8.38. The molecule has 0 aliphatic rings. The molecular formula is C13H26N4O. The van der Waals surface area contributed by atoms with Crippen LogP contribution in [-0.2, 0) is 11.2 Å². The molecule has 0 bridgehead atoms. The van der Waals surface area contributed by atoms with Crippen molar-refractivity contribution in [2.24, 2.45) is 5.84 Å². The van der Waals surface area contributed by atoms with Gasteiger partial charge >= 0.3 is 0 Å². The minimum absolute atomic E-state index is 0.162. The summed E-state index contributed by atoms with van der Waals surface area (Å²) >= 11 is 0. The molecule has 104 valence electrons. The van der Waals surface area contributed by atoms with Gasteiger partial charge < -0.3 is 4.74 Å². The predicted octanol–water partition coefficient (Wildman–Crippen LogP) is 1.65. The van der Waals surface area contributed by atoms with Crippen LogP contribution in [-0.4, -0.2) is 28.5 Å². The third-order valence-corrected chi connectivity index (χ3v) is 3.17. The van der Waals surface area contributed by atoms with E-state index in [-0.39, 0.29) is 11.6 Å². The molecule has 0 saturated heterocycles. The summed E-state index contributed by atoms with van der Waals surface area (Å²) in [7, 11) is 1.72. The van der Waals surface area contributed by atoms with Gasteiger partial charge in [0, 0.05) is 31.8 Å². The van der Waals surface area contributed by atoms with Crippen LogP contribution in [0.15, 0.2) is 12.3 Å². The zero-order chi connectivity index (χ0) is 13.8. The van der Waals surface area contributed by atoms with Gasteiger partial charge in [-0.3, -0.25) is 16.0 Å². The maximum Gasteiger partial charge on any atom is 0.0640 e. The fraction of sp³-hybridized carbons (Fsp3) is 0.769. The Labute approximate surface area is 110 Å². The standard InChI is InChI=1S/C13H26N4O/c1-10(2)17-7-6-11(16-17)8-12(15-14)9-13(3,4)18-5/h6-7,10,12,15H,8-9,14H2,1-5H3. The van der Waals surface area contributed by atoms with Crippen molar-refractivity contribution in [1.82, 2.24) is 15.2 Å². The van der Waals surface area contributed by atoms with Crippen molar-refractivity contribution >= 4 is 0 Å². The van der Waals surface area contributed by atoms with Crippen LogP contribution in [0.1, 0.15) is 45.9 Å². The van der Waals surface area contributed by atoms with Gasteiger partial charge in [-0.25, -0.2) is 0 Å². The highest BCUT2D eigenvalue weighted by molar-refractivity contribution is 5.02. The Morgan fingerprint density at radius 3 is 2.61 bits per heavy atom. The molecule has 0 amide bonds. The number of aromatic nitrogens is 2. The Hall–Kier alpha value is -0.910. The van der Waals surface area contributed by atoms with E-state index in [1.807, 2.05) is 16.9 Å². The number of nitrogens with two attached hydrogens (primary N) is 1. The molecule has 3 N–H and O–H groups in total. The summed E-state index contributed by atoms with van der Waals surface area (Å²) in [6.07, 6.45) is 3.66. The Kier molecular flexibility index (Phi) is 5.31. The molecular weight excluding hydrogens is 228 g/mol. The van der Waals surface area contributed by atoms with E-state index in [4.69, 9.17) is 10.6 Å². The molecule has 1 unspecified atom stereocenters. The van der Waals surface area contributed by atoms with E-state index >= 15 is 0 Å². The molecule has 1 atom stereocenters. The lowest BCUT2D eigenvalue weighted by molar-refractivity contribution is 0.00702.